The van der Waals surface area contributed by atoms with Crippen molar-refractivity contribution in [3.8, 4) is 0 Å². The summed E-state index contributed by atoms with van der Waals surface area (Å²) in [6.07, 6.45) is 1.73. The molecule has 2 aliphatic heterocycles. The summed E-state index contributed by atoms with van der Waals surface area (Å²) in [6, 6.07) is 3.84. The molecule has 1 aromatic carbocycles. The molecule has 3 rings (SSSR count). The molecule has 2 heterocycles. The van der Waals surface area contributed by atoms with Crippen LogP contribution in [0.5, 0.6) is 0 Å². The third-order valence-corrected chi connectivity index (χ3v) is 2.08. The molecule has 0 aromatic heterocycles. The topological polar surface area (TPSA) is 49.4 Å². The monoisotopic (exact) mass is 170 g/mol. The average molecular weight is 170 g/mol. The molecule has 0 N–H and O–H groups in total. The Bertz CT molecular complexity index is 566. The van der Waals surface area contributed by atoms with Gasteiger partial charge in [0.25, 0.3) is 0 Å². The average Bonchev–Trinajstić information content (AvgIpc) is 2.65. The van der Waals surface area contributed by atoms with E-state index in [1.807, 2.05) is 19.1 Å². The fourth-order valence-corrected chi connectivity index (χ4v) is 1.52. The zero-order valence-corrected chi connectivity index (χ0v) is 7.02. The smallest absolute Gasteiger partial charge is 0.126 e. The van der Waals surface area contributed by atoms with E-state index >= 15 is 0 Å². The van der Waals surface area contributed by atoms with Crippen LogP contribution in [-0.4, -0.2) is 12.1 Å². The van der Waals surface area contributed by atoms with Crippen molar-refractivity contribution in [1.29, 1.82) is 0 Å². The van der Waals surface area contributed by atoms with E-state index in [2.05, 4.69) is 20.2 Å². The summed E-state index contributed by atoms with van der Waals surface area (Å²) in [6.45, 7) is 1.88. The van der Waals surface area contributed by atoms with E-state index in [1.165, 1.54) is 0 Å². The Morgan fingerprint density at radius 2 is 1.92 bits per heavy atom. The van der Waals surface area contributed by atoms with Crippen LogP contribution in [0.4, 0.5) is 5.69 Å². The molecule has 2 aliphatic rings. The minimum atomic E-state index is 0.795. The number of rotatable bonds is 0. The van der Waals surface area contributed by atoms with Gasteiger partial charge in [-0.2, -0.15) is 10.2 Å². The summed E-state index contributed by atoms with van der Waals surface area (Å²) in [5.41, 5.74) is 1.89. The van der Waals surface area contributed by atoms with Gasteiger partial charge in [-0.25, -0.2) is 9.98 Å². The van der Waals surface area contributed by atoms with Gasteiger partial charge in [0.05, 0.1) is 22.5 Å². The molecular weight excluding hydrogens is 164 g/mol. The summed E-state index contributed by atoms with van der Waals surface area (Å²) >= 11 is 0. The summed E-state index contributed by atoms with van der Waals surface area (Å²) in [4.78, 5) is 8.60. The Morgan fingerprint density at radius 3 is 2.85 bits per heavy atom. The first-order valence-corrected chi connectivity index (χ1v) is 4.03. The molecule has 0 saturated carbocycles. The van der Waals surface area contributed by atoms with Gasteiger partial charge in [0.1, 0.15) is 11.5 Å². The van der Waals surface area contributed by atoms with Crippen LogP contribution in [0.3, 0.4) is 0 Å². The minimum absolute atomic E-state index is 0.795. The Hall–Kier alpha value is -1.84. The predicted molar refractivity (Wildman–Crippen MR) is 49.1 cm³/mol. The van der Waals surface area contributed by atoms with Gasteiger partial charge in [-0.15, -0.1) is 0 Å². The van der Waals surface area contributed by atoms with E-state index in [0.29, 0.717) is 0 Å². The summed E-state index contributed by atoms with van der Waals surface area (Å²) in [5, 5.41) is 9.60. The third kappa shape index (κ3) is 0.796. The van der Waals surface area contributed by atoms with Crippen LogP contribution < -0.4 is 10.7 Å². The van der Waals surface area contributed by atoms with E-state index in [4.69, 9.17) is 0 Å². The number of hydrogen-bond donors (Lipinski definition) is 0. The van der Waals surface area contributed by atoms with Crippen molar-refractivity contribution < 1.29 is 0 Å². The van der Waals surface area contributed by atoms with Gasteiger partial charge in [-0.3, -0.25) is 0 Å². The molecule has 0 bridgehead atoms. The number of benzene rings is 1. The Kier molecular flexibility index (Phi) is 1.07. The number of amidine groups is 1. The van der Waals surface area contributed by atoms with Crippen LogP contribution in [0, 0.1) is 0 Å². The fraction of sp³-hybridized carbons (Fsp3) is 0.111. The third-order valence-electron chi connectivity index (χ3n) is 2.08. The maximum atomic E-state index is 4.32. The molecular formula is C9H6N4. The lowest BCUT2D eigenvalue weighted by Crippen LogP contribution is -2.11. The highest BCUT2D eigenvalue weighted by atomic mass is 15.2. The largest absolute Gasteiger partial charge is 0.232 e. The standard InChI is InChI=1S/C9H6N4/c1-5-11-8-3-2-7-6(4-10-13-7)9(8)12-5/h2-4H,1H3. The molecule has 0 saturated heterocycles. The Balaban J connectivity index is 2.50. The number of aliphatic imine (C=N–C) groups is 1. The first-order valence-electron chi connectivity index (χ1n) is 4.03. The van der Waals surface area contributed by atoms with Crippen LogP contribution in [0.1, 0.15) is 12.5 Å². The number of fused-ring (bicyclic) bond motifs is 3. The second kappa shape index (κ2) is 2.10. The van der Waals surface area contributed by atoms with Crippen LogP contribution in [0.25, 0.3) is 0 Å². The molecule has 0 amide bonds. The van der Waals surface area contributed by atoms with Gasteiger partial charge in [0.15, 0.2) is 0 Å². The SMILES string of the molecule is CC1=Nc2c3c(ccc2=N1)=NN=C3. The molecule has 1 aromatic rings. The quantitative estimate of drug-likeness (QED) is 0.539. The maximum Gasteiger partial charge on any atom is 0.126 e. The molecule has 4 heteroatoms. The first kappa shape index (κ1) is 6.65. The Labute approximate surface area is 74.1 Å². The summed E-state index contributed by atoms with van der Waals surface area (Å²) < 4.78 is 0. The van der Waals surface area contributed by atoms with Crippen molar-refractivity contribution in [2.45, 2.75) is 6.92 Å². The van der Waals surface area contributed by atoms with Crippen LogP contribution >= 0.6 is 0 Å². The van der Waals surface area contributed by atoms with Crippen molar-refractivity contribution in [2.24, 2.45) is 20.2 Å². The van der Waals surface area contributed by atoms with E-state index < -0.39 is 0 Å². The first-order chi connectivity index (χ1) is 6.34. The van der Waals surface area contributed by atoms with Gasteiger partial charge < -0.3 is 0 Å². The molecule has 0 aliphatic carbocycles. The lowest BCUT2D eigenvalue weighted by molar-refractivity contribution is 1.18. The zero-order valence-electron chi connectivity index (χ0n) is 7.02. The summed E-state index contributed by atoms with van der Waals surface area (Å²) in [5.74, 6) is 0.795. The van der Waals surface area contributed by atoms with E-state index in [9.17, 15) is 0 Å². The lowest BCUT2D eigenvalue weighted by atomic mass is 10.2. The van der Waals surface area contributed by atoms with E-state index in [1.54, 1.807) is 6.21 Å². The van der Waals surface area contributed by atoms with Crippen LogP contribution in [-0.2, 0) is 0 Å². The highest BCUT2D eigenvalue weighted by Gasteiger charge is 2.12. The second-order valence-electron chi connectivity index (χ2n) is 2.98. The number of hydrogen-bond acceptors (Lipinski definition) is 4. The molecule has 0 radical (unpaired) electrons. The second-order valence-corrected chi connectivity index (χ2v) is 2.98. The van der Waals surface area contributed by atoms with Gasteiger partial charge in [0, 0.05) is 0 Å². The minimum Gasteiger partial charge on any atom is -0.232 e. The molecule has 0 atom stereocenters. The van der Waals surface area contributed by atoms with Crippen LogP contribution in [0.2, 0.25) is 0 Å². The van der Waals surface area contributed by atoms with Gasteiger partial charge in [0.2, 0.25) is 0 Å². The highest BCUT2D eigenvalue weighted by Crippen LogP contribution is 2.14. The maximum absolute atomic E-state index is 4.32. The van der Waals surface area contributed by atoms with Crippen molar-refractivity contribution in [3.05, 3.63) is 28.4 Å². The molecule has 13 heavy (non-hydrogen) atoms. The molecule has 4 nitrogen and oxygen atoms in total. The molecule has 0 unspecified atom stereocenters. The van der Waals surface area contributed by atoms with Crippen molar-refractivity contribution in [1.82, 2.24) is 0 Å². The van der Waals surface area contributed by atoms with Gasteiger partial charge in [-0.05, 0) is 19.1 Å². The van der Waals surface area contributed by atoms with Gasteiger partial charge >= 0.3 is 0 Å². The molecule has 0 spiro atoms. The van der Waals surface area contributed by atoms with Crippen molar-refractivity contribution in [3.63, 3.8) is 0 Å². The Morgan fingerprint density at radius 1 is 1.08 bits per heavy atom. The van der Waals surface area contributed by atoms with E-state index in [-0.39, 0.29) is 0 Å². The van der Waals surface area contributed by atoms with Crippen LogP contribution in [0.15, 0.2) is 32.3 Å². The molecule has 0 fully saturated rings. The van der Waals surface area contributed by atoms with Gasteiger partial charge in [-0.1, -0.05) is 0 Å². The van der Waals surface area contributed by atoms with Crippen molar-refractivity contribution in [2.75, 3.05) is 0 Å². The van der Waals surface area contributed by atoms with Crippen molar-refractivity contribution >= 4 is 17.7 Å². The predicted octanol–water partition coefficient (Wildman–Crippen LogP) is 0.337. The lowest BCUT2D eigenvalue weighted by Gasteiger charge is -1.91. The van der Waals surface area contributed by atoms with E-state index in [0.717, 1.165) is 27.8 Å². The molecule has 62 valence electrons. The highest BCUT2D eigenvalue weighted by molar-refractivity contribution is 5.93. The zero-order chi connectivity index (χ0) is 8.84. The summed E-state index contributed by atoms with van der Waals surface area (Å²) in [7, 11) is 0. The fourth-order valence-electron chi connectivity index (χ4n) is 1.52. The number of nitrogens with zero attached hydrogens (tertiary/aromatic N) is 4. The normalized spacial score (nSPS) is 15.9.